The first kappa shape index (κ1) is 27.8. The van der Waals surface area contributed by atoms with Crippen LogP contribution in [0.2, 0.25) is 0 Å². The Morgan fingerprint density at radius 2 is 1.00 bits per heavy atom. The van der Waals surface area contributed by atoms with Crippen molar-refractivity contribution in [1.29, 1.82) is 0 Å². The summed E-state index contributed by atoms with van der Waals surface area (Å²) < 4.78 is 50.2. The van der Waals surface area contributed by atoms with Crippen molar-refractivity contribution in [3.05, 3.63) is 0 Å². The molecule has 6 nitrogen and oxygen atoms in total. The zero-order chi connectivity index (χ0) is 20.7. The fourth-order valence-electron chi connectivity index (χ4n) is 2.27. The summed E-state index contributed by atoms with van der Waals surface area (Å²) in [6, 6.07) is 0. The molecule has 0 aliphatic carbocycles. The summed E-state index contributed by atoms with van der Waals surface area (Å²) in [7, 11) is -3.64. The third kappa shape index (κ3) is 16.5. The van der Waals surface area contributed by atoms with E-state index < -0.39 is 22.1 Å². The van der Waals surface area contributed by atoms with Crippen LogP contribution in [0.15, 0.2) is 0 Å². The van der Waals surface area contributed by atoms with Gasteiger partial charge in [-0.15, -0.1) is 0 Å². The Morgan fingerprint density at radius 3 is 1.20 bits per heavy atom. The average Bonchev–Trinajstić information content (AvgIpc) is 2.34. The van der Waals surface area contributed by atoms with Gasteiger partial charge in [0.05, 0.1) is 0 Å². The van der Waals surface area contributed by atoms with Crippen molar-refractivity contribution in [1.82, 2.24) is 0 Å². The van der Waals surface area contributed by atoms with Crippen molar-refractivity contribution in [2.24, 2.45) is 10.8 Å². The molecule has 0 aliphatic heterocycles. The Bertz CT molecular complexity index is 531. The number of rotatable bonds is 7. The highest BCUT2D eigenvalue weighted by molar-refractivity contribution is 7.75. The minimum Gasteiger partial charge on any atom is -0.332 e. The number of hydrogen-bond acceptors (Lipinski definition) is 6. The normalized spacial score (nSPS) is 19.8. The standard InChI is InChI=1S/C9H22O4P2.C7H17O2P/c1-9(2,3)7-15(11,13-5)8-14(6,10)12-4;1-7(2,3)6-10(5,8)9-4/h7-8H2,1-6H3;6H2,1-5H3. The second kappa shape index (κ2) is 10.2. The van der Waals surface area contributed by atoms with Gasteiger partial charge in [0, 0.05) is 47.0 Å². The Kier molecular flexibility index (Phi) is 11.3. The lowest BCUT2D eigenvalue weighted by Crippen LogP contribution is -2.14. The highest BCUT2D eigenvalue weighted by atomic mass is 31.2. The van der Waals surface area contributed by atoms with Crippen LogP contribution in [0, 0.1) is 10.8 Å². The van der Waals surface area contributed by atoms with E-state index in [0.29, 0.717) is 12.3 Å². The van der Waals surface area contributed by atoms with E-state index in [1.165, 1.54) is 28.0 Å². The van der Waals surface area contributed by atoms with Gasteiger partial charge in [-0.3, -0.25) is 13.7 Å². The smallest absolute Gasteiger partial charge is 0.212 e. The molecular weight excluding hydrogens is 381 g/mol. The zero-order valence-electron chi connectivity index (χ0n) is 17.9. The van der Waals surface area contributed by atoms with E-state index >= 15 is 0 Å². The molecule has 0 aliphatic rings. The molecule has 9 heteroatoms. The predicted molar refractivity (Wildman–Crippen MR) is 109 cm³/mol. The molecule has 25 heavy (non-hydrogen) atoms. The van der Waals surface area contributed by atoms with Gasteiger partial charge in [0.1, 0.15) is 5.90 Å². The van der Waals surface area contributed by atoms with Crippen molar-refractivity contribution in [2.45, 2.75) is 41.5 Å². The van der Waals surface area contributed by atoms with Crippen LogP contribution in [0.5, 0.6) is 0 Å². The summed E-state index contributed by atoms with van der Waals surface area (Å²) in [5.41, 5.74) is -0.0143. The van der Waals surface area contributed by atoms with Crippen LogP contribution in [0.1, 0.15) is 41.5 Å². The molecule has 0 aromatic carbocycles. The molecule has 0 spiro atoms. The third-order valence-corrected chi connectivity index (χ3v) is 12.0. The maximum Gasteiger partial charge on any atom is 0.212 e. The minimum atomic E-state index is -2.85. The van der Waals surface area contributed by atoms with Crippen molar-refractivity contribution in [3.63, 3.8) is 0 Å². The van der Waals surface area contributed by atoms with Crippen molar-refractivity contribution < 1.29 is 27.3 Å². The van der Waals surface area contributed by atoms with E-state index in [4.69, 9.17) is 13.6 Å². The molecular formula is C16H39O6P3. The maximum absolute atomic E-state index is 12.3. The first-order chi connectivity index (χ1) is 10.8. The summed E-state index contributed by atoms with van der Waals surface area (Å²) in [5.74, 6) is 0.0181. The predicted octanol–water partition coefficient (Wildman–Crippen LogP) is 6.06. The molecule has 0 radical (unpaired) electrons. The lowest BCUT2D eigenvalue weighted by Gasteiger charge is -2.26. The molecule has 0 heterocycles. The first-order valence-electron chi connectivity index (χ1n) is 8.19. The van der Waals surface area contributed by atoms with E-state index in [9.17, 15) is 13.7 Å². The second-order valence-electron chi connectivity index (χ2n) is 8.97. The van der Waals surface area contributed by atoms with Crippen LogP contribution in [-0.2, 0) is 27.3 Å². The SMILES string of the molecule is COP(C)(=O)CC(C)(C)C.COP(C)(=O)CP(=O)(CC(C)(C)C)OC. The summed E-state index contributed by atoms with van der Waals surface area (Å²) in [5, 5.41) is 0. The highest BCUT2D eigenvalue weighted by Crippen LogP contribution is 2.62. The Balaban J connectivity index is 0. The lowest BCUT2D eigenvalue weighted by atomic mass is 10.0. The maximum atomic E-state index is 12.3. The van der Waals surface area contributed by atoms with Crippen LogP contribution in [0.25, 0.3) is 0 Å². The molecule has 0 aromatic rings. The molecule has 0 saturated carbocycles. The van der Waals surface area contributed by atoms with Crippen molar-refractivity contribution in [3.8, 4) is 0 Å². The van der Waals surface area contributed by atoms with Gasteiger partial charge >= 0.3 is 0 Å². The van der Waals surface area contributed by atoms with E-state index in [2.05, 4.69) is 20.8 Å². The van der Waals surface area contributed by atoms with E-state index in [1.54, 1.807) is 6.66 Å². The third-order valence-electron chi connectivity index (χ3n) is 3.05. The van der Waals surface area contributed by atoms with Gasteiger partial charge in [0.2, 0.25) is 14.7 Å². The van der Waals surface area contributed by atoms with Crippen LogP contribution in [0.4, 0.5) is 0 Å². The second-order valence-corrected chi connectivity index (χ2v) is 17.5. The van der Waals surface area contributed by atoms with Crippen LogP contribution >= 0.6 is 22.1 Å². The molecule has 0 rings (SSSR count). The van der Waals surface area contributed by atoms with Crippen molar-refractivity contribution >= 4 is 22.1 Å². The zero-order valence-corrected chi connectivity index (χ0v) is 20.6. The van der Waals surface area contributed by atoms with Gasteiger partial charge in [-0.1, -0.05) is 41.5 Å². The molecule has 0 N–H and O–H groups in total. The van der Waals surface area contributed by atoms with Gasteiger partial charge in [0.15, 0.2) is 7.37 Å². The van der Waals surface area contributed by atoms with Gasteiger partial charge in [-0.05, 0) is 10.8 Å². The Morgan fingerprint density at radius 1 is 0.640 bits per heavy atom. The molecule has 0 amide bonds. The molecule has 3 unspecified atom stereocenters. The van der Waals surface area contributed by atoms with Gasteiger partial charge in [0.25, 0.3) is 0 Å². The molecule has 0 fully saturated rings. The largest absolute Gasteiger partial charge is 0.332 e. The summed E-state index contributed by atoms with van der Waals surface area (Å²) >= 11 is 0. The molecule has 0 aromatic heterocycles. The van der Waals surface area contributed by atoms with Crippen LogP contribution in [-0.4, -0.2) is 52.9 Å². The minimum absolute atomic E-state index is 0.0181. The topological polar surface area (TPSA) is 78.9 Å². The summed E-state index contributed by atoms with van der Waals surface area (Å²) in [6.45, 7) is 15.3. The summed E-state index contributed by atoms with van der Waals surface area (Å²) in [4.78, 5) is 0. The quantitative estimate of drug-likeness (QED) is 0.466. The average molecular weight is 420 g/mol. The molecule has 154 valence electrons. The molecule has 0 bridgehead atoms. The van der Waals surface area contributed by atoms with Crippen molar-refractivity contribution in [2.75, 3.05) is 52.9 Å². The van der Waals surface area contributed by atoms with Gasteiger partial charge in [-0.25, -0.2) is 0 Å². The molecule has 3 atom stereocenters. The Labute approximate surface area is 155 Å². The number of hydrogen-bond donors (Lipinski definition) is 0. The van der Waals surface area contributed by atoms with Crippen LogP contribution < -0.4 is 0 Å². The van der Waals surface area contributed by atoms with E-state index in [-0.39, 0.29) is 16.7 Å². The summed E-state index contributed by atoms with van der Waals surface area (Å²) in [6.07, 6.45) is 1.06. The molecule has 0 saturated heterocycles. The monoisotopic (exact) mass is 420 g/mol. The van der Waals surface area contributed by atoms with Gasteiger partial charge < -0.3 is 13.6 Å². The Hall–Kier alpha value is 0.570. The highest BCUT2D eigenvalue weighted by Gasteiger charge is 2.34. The van der Waals surface area contributed by atoms with E-state index in [0.717, 1.165) is 0 Å². The first-order valence-corrected chi connectivity index (χ1v) is 14.7. The van der Waals surface area contributed by atoms with Crippen LogP contribution in [0.3, 0.4) is 0 Å². The fraction of sp³-hybridized carbons (Fsp3) is 1.00. The van der Waals surface area contributed by atoms with E-state index in [1.807, 2.05) is 20.8 Å². The fourth-order valence-corrected chi connectivity index (χ4v) is 10.2. The van der Waals surface area contributed by atoms with Gasteiger partial charge in [-0.2, -0.15) is 0 Å². The lowest BCUT2D eigenvalue weighted by molar-refractivity contribution is 0.364.